The summed E-state index contributed by atoms with van der Waals surface area (Å²) in [6.07, 6.45) is 0.130. The summed E-state index contributed by atoms with van der Waals surface area (Å²) < 4.78 is 5.56. The van der Waals surface area contributed by atoms with Gasteiger partial charge in [-0.05, 0) is 56.3 Å². The average molecular weight is 321 g/mol. The van der Waals surface area contributed by atoms with Gasteiger partial charge in [-0.2, -0.15) is 0 Å². The van der Waals surface area contributed by atoms with Crippen LogP contribution in [0.15, 0.2) is 53.4 Å². The first kappa shape index (κ1) is 15.9. The van der Waals surface area contributed by atoms with Gasteiger partial charge in [-0.25, -0.2) is 0 Å². The largest absolute Gasteiger partial charge is 0.491 e. The number of ketones is 1. The molecule has 0 amide bonds. The van der Waals surface area contributed by atoms with Crippen LogP contribution < -0.4 is 4.74 Å². The van der Waals surface area contributed by atoms with E-state index in [0.717, 1.165) is 10.6 Å². The Kier molecular flexibility index (Phi) is 5.71. The fourth-order valence-electron chi connectivity index (χ4n) is 1.78. The number of carbonyl (C=O) groups is 1. The molecule has 0 unspecified atom stereocenters. The molecule has 0 spiro atoms. The second-order valence-electron chi connectivity index (χ2n) is 4.86. The molecule has 0 saturated heterocycles. The molecule has 2 aromatic rings. The highest BCUT2D eigenvalue weighted by molar-refractivity contribution is 8.00. The summed E-state index contributed by atoms with van der Waals surface area (Å²) in [6, 6.07) is 14.8. The quantitative estimate of drug-likeness (QED) is 0.547. The number of halogens is 1. The van der Waals surface area contributed by atoms with E-state index in [0.29, 0.717) is 16.3 Å². The van der Waals surface area contributed by atoms with Crippen molar-refractivity contribution >= 4 is 29.1 Å². The van der Waals surface area contributed by atoms with Crippen LogP contribution in [-0.2, 0) is 0 Å². The highest BCUT2D eigenvalue weighted by Crippen LogP contribution is 2.23. The lowest BCUT2D eigenvalue weighted by molar-refractivity contribution is 0.102. The number of ether oxygens (including phenoxy) is 1. The van der Waals surface area contributed by atoms with Crippen molar-refractivity contribution in [3.8, 4) is 5.75 Å². The van der Waals surface area contributed by atoms with E-state index in [4.69, 9.17) is 16.3 Å². The van der Waals surface area contributed by atoms with Gasteiger partial charge >= 0.3 is 0 Å². The van der Waals surface area contributed by atoms with Crippen molar-refractivity contribution in [1.82, 2.24) is 0 Å². The van der Waals surface area contributed by atoms with Gasteiger partial charge < -0.3 is 4.74 Å². The molecule has 2 rings (SSSR count). The third-order valence-corrected chi connectivity index (χ3v) is 3.94. The van der Waals surface area contributed by atoms with Crippen LogP contribution >= 0.6 is 23.4 Å². The van der Waals surface area contributed by atoms with Crippen LogP contribution in [0.4, 0.5) is 0 Å². The smallest absolute Gasteiger partial charge is 0.173 e. The molecule has 0 aliphatic rings. The Morgan fingerprint density at radius 2 is 1.90 bits per heavy atom. The molecule has 0 aromatic heterocycles. The normalized spacial score (nSPS) is 10.7. The molecule has 0 atom stereocenters. The van der Waals surface area contributed by atoms with E-state index in [-0.39, 0.29) is 11.9 Å². The van der Waals surface area contributed by atoms with Crippen molar-refractivity contribution in [2.45, 2.75) is 24.8 Å². The Labute approximate surface area is 134 Å². The Hall–Kier alpha value is -1.45. The first-order chi connectivity index (χ1) is 10.0. The number of carbonyl (C=O) groups excluding carboxylic acids is 1. The number of Topliss-reactive ketones (excluding diaryl/α,β-unsaturated/α-hetero) is 1. The van der Waals surface area contributed by atoms with Crippen molar-refractivity contribution in [3.63, 3.8) is 0 Å². The molecule has 110 valence electrons. The third kappa shape index (κ3) is 5.10. The lowest BCUT2D eigenvalue weighted by Gasteiger charge is -2.09. The second kappa shape index (κ2) is 7.53. The SMILES string of the molecule is CC(C)Oc1ccc(C(=O)CSc2cccc(Cl)c2)cc1. The molecule has 0 bridgehead atoms. The average Bonchev–Trinajstić information content (AvgIpc) is 2.45. The maximum atomic E-state index is 12.1. The molecule has 0 heterocycles. The van der Waals surface area contributed by atoms with Gasteiger partial charge in [0.25, 0.3) is 0 Å². The summed E-state index contributed by atoms with van der Waals surface area (Å²) in [5, 5.41) is 0.683. The van der Waals surface area contributed by atoms with Crippen LogP contribution in [0.2, 0.25) is 5.02 Å². The second-order valence-corrected chi connectivity index (χ2v) is 6.35. The molecular weight excluding hydrogens is 304 g/mol. The van der Waals surface area contributed by atoms with E-state index < -0.39 is 0 Å². The lowest BCUT2D eigenvalue weighted by Crippen LogP contribution is -2.06. The van der Waals surface area contributed by atoms with Gasteiger partial charge in [0.05, 0.1) is 11.9 Å². The van der Waals surface area contributed by atoms with Gasteiger partial charge in [0.15, 0.2) is 5.78 Å². The van der Waals surface area contributed by atoms with Crippen molar-refractivity contribution in [2.24, 2.45) is 0 Å². The van der Waals surface area contributed by atoms with Crippen LogP contribution in [0.3, 0.4) is 0 Å². The highest BCUT2D eigenvalue weighted by atomic mass is 35.5. The maximum absolute atomic E-state index is 12.1. The zero-order valence-electron chi connectivity index (χ0n) is 12.0. The van der Waals surface area contributed by atoms with Gasteiger partial charge in [-0.15, -0.1) is 11.8 Å². The third-order valence-electron chi connectivity index (χ3n) is 2.71. The van der Waals surface area contributed by atoms with E-state index in [9.17, 15) is 4.79 Å². The Bertz CT molecular complexity index is 608. The summed E-state index contributed by atoms with van der Waals surface area (Å²) >= 11 is 7.41. The van der Waals surface area contributed by atoms with Gasteiger partial charge in [0, 0.05) is 15.5 Å². The summed E-state index contributed by atoms with van der Waals surface area (Å²) in [6.45, 7) is 3.95. The molecule has 4 heteroatoms. The van der Waals surface area contributed by atoms with Crippen LogP contribution in [0, 0.1) is 0 Å². The topological polar surface area (TPSA) is 26.3 Å². The fraction of sp³-hybridized carbons (Fsp3) is 0.235. The predicted molar refractivity (Wildman–Crippen MR) is 88.7 cm³/mol. The molecule has 2 nitrogen and oxygen atoms in total. The zero-order valence-corrected chi connectivity index (χ0v) is 13.6. The van der Waals surface area contributed by atoms with Crippen LogP contribution in [-0.4, -0.2) is 17.6 Å². The minimum absolute atomic E-state index is 0.0936. The van der Waals surface area contributed by atoms with E-state index in [2.05, 4.69) is 0 Å². The molecule has 0 fully saturated rings. The minimum Gasteiger partial charge on any atom is -0.491 e. The Balaban J connectivity index is 1.94. The molecule has 21 heavy (non-hydrogen) atoms. The van der Waals surface area contributed by atoms with Gasteiger partial charge in [0.2, 0.25) is 0 Å². The number of hydrogen-bond acceptors (Lipinski definition) is 3. The first-order valence-electron chi connectivity index (χ1n) is 6.73. The molecule has 0 aliphatic carbocycles. The number of thioether (sulfide) groups is 1. The molecule has 0 aliphatic heterocycles. The van der Waals surface area contributed by atoms with E-state index in [1.54, 1.807) is 12.1 Å². The molecule has 0 saturated carbocycles. The van der Waals surface area contributed by atoms with Gasteiger partial charge in [-0.1, -0.05) is 17.7 Å². The molecule has 0 N–H and O–H groups in total. The molecule has 0 radical (unpaired) electrons. The molecular formula is C17H17ClO2S. The standard InChI is InChI=1S/C17H17ClO2S/c1-12(2)20-15-8-6-13(7-9-15)17(19)11-21-16-5-3-4-14(18)10-16/h3-10,12H,11H2,1-2H3. The predicted octanol–water partition coefficient (Wildman–Crippen LogP) is 5.10. The Morgan fingerprint density at radius 1 is 1.19 bits per heavy atom. The number of hydrogen-bond donors (Lipinski definition) is 0. The fourth-order valence-corrected chi connectivity index (χ4v) is 2.89. The monoisotopic (exact) mass is 320 g/mol. The van der Waals surface area contributed by atoms with Crippen LogP contribution in [0.1, 0.15) is 24.2 Å². The summed E-state index contributed by atoms with van der Waals surface area (Å²) in [5.74, 6) is 1.27. The van der Waals surface area contributed by atoms with E-state index in [1.165, 1.54) is 11.8 Å². The summed E-state index contributed by atoms with van der Waals surface area (Å²) in [4.78, 5) is 13.1. The van der Waals surface area contributed by atoms with Crippen molar-refractivity contribution in [2.75, 3.05) is 5.75 Å². The Morgan fingerprint density at radius 3 is 2.52 bits per heavy atom. The number of rotatable bonds is 6. The van der Waals surface area contributed by atoms with Gasteiger partial charge in [-0.3, -0.25) is 4.79 Å². The lowest BCUT2D eigenvalue weighted by atomic mass is 10.1. The van der Waals surface area contributed by atoms with Crippen LogP contribution in [0.25, 0.3) is 0 Å². The van der Waals surface area contributed by atoms with E-state index in [1.807, 2.05) is 50.2 Å². The van der Waals surface area contributed by atoms with Crippen molar-refractivity contribution in [3.05, 3.63) is 59.1 Å². The number of benzene rings is 2. The first-order valence-corrected chi connectivity index (χ1v) is 8.09. The summed E-state index contributed by atoms with van der Waals surface area (Å²) in [7, 11) is 0. The van der Waals surface area contributed by atoms with E-state index >= 15 is 0 Å². The molecule has 2 aromatic carbocycles. The zero-order chi connectivity index (χ0) is 15.2. The van der Waals surface area contributed by atoms with Crippen molar-refractivity contribution in [1.29, 1.82) is 0 Å². The highest BCUT2D eigenvalue weighted by Gasteiger charge is 2.07. The van der Waals surface area contributed by atoms with Gasteiger partial charge in [0.1, 0.15) is 5.75 Å². The van der Waals surface area contributed by atoms with Crippen molar-refractivity contribution < 1.29 is 9.53 Å². The summed E-state index contributed by atoms with van der Waals surface area (Å²) in [5.41, 5.74) is 0.695. The maximum Gasteiger partial charge on any atom is 0.173 e. The minimum atomic E-state index is 0.0936. The van der Waals surface area contributed by atoms with Crippen LogP contribution in [0.5, 0.6) is 5.75 Å².